The van der Waals surface area contributed by atoms with Crippen LogP contribution in [0.4, 0.5) is 20.2 Å². The zero-order valence-electron chi connectivity index (χ0n) is 17.3. The summed E-state index contributed by atoms with van der Waals surface area (Å²) in [5.41, 5.74) is 14.4. The molecule has 5 rings (SSSR count). The SMILES string of the molecule is NC1CCC(N)(c2ncc(F)c(-c3cnc4ccc(Nc5cccc(F)c5)cn34)n2)CC1. The first-order valence-electron chi connectivity index (χ1n) is 10.5. The molecular weight excluding hydrogens is 412 g/mol. The van der Waals surface area contributed by atoms with E-state index in [1.54, 1.807) is 35.0 Å². The van der Waals surface area contributed by atoms with Crippen molar-refractivity contribution in [3.05, 3.63) is 72.4 Å². The van der Waals surface area contributed by atoms with Gasteiger partial charge in [0, 0.05) is 17.9 Å². The summed E-state index contributed by atoms with van der Waals surface area (Å²) in [6.07, 6.45) is 7.34. The molecule has 1 aliphatic carbocycles. The summed E-state index contributed by atoms with van der Waals surface area (Å²) in [7, 11) is 0. The molecule has 7 nitrogen and oxygen atoms in total. The normalized spacial score (nSPS) is 21.1. The van der Waals surface area contributed by atoms with Crippen LogP contribution in [0, 0.1) is 11.6 Å². The number of rotatable bonds is 4. The van der Waals surface area contributed by atoms with Crippen LogP contribution in [0.3, 0.4) is 0 Å². The summed E-state index contributed by atoms with van der Waals surface area (Å²) < 4.78 is 30.1. The average Bonchev–Trinajstić information content (AvgIpc) is 3.19. The minimum absolute atomic E-state index is 0.120. The number of aromatic nitrogens is 4. The highest BCUT2D eigenvalue weighted by atomic mass is 19.1. The molecule has 0 radical (unpaired) electrons. The number of halogens is 2. The van der Waals surface area contributed by atoms with Gasteiger partial charge >= 0.3 is 0 Å². The lowest BCUT2D eigenvalue weighted by Crippen LogP contribution is -2.45. The fourth-order valence-corrected chi connectivity index (χ4v) is 4.13. The molecule has 0 atom stereocenters. The van der Waals surface area contributed by atoms with Gasteiger partial charge in [-0.15, -0.1) is 0 Å². The van der Waals surface area contributed by atoms with Gasteiger partial charge in [0.1, 0.15) is 23.0 Å². The molecule has 1 saturated carbocycles. The molecule has 4 aromatic rings. The molecule has 32 heavy (non-hydrogen) atoms. The zero-order chi connectivity index (χ0) is 22.3. The molecular formula is C23H23F2N7. The van der Waals surface area contributed by atoms with E-state index in [0.717, 1.165) is 19.0 Å². The molecule has 0 saturated heterocycles. The van der Waals surface area contributed by atoms with Crippen LogP contribution in [0.5, 0.6) is 0 Å². The van der Waals surface area contributed by atoms with Crippen molar-refractivity contribution in [3.63, 3.8) is 0 Å². The lowest BCUT2D eigenvalue weighted by Gasteiger charge is -2.34. The van der Waals surface area contributed by atoms with Gasteiger partial charge in [0.05, 0.1) is 29.3 Å². The van der Waals surface area contributed by atoms with Crippen molar-refractivity contribution >= 4 is 17.0 Å². The number of hydrogen-bond acceptors (Lipinski definition) is 6. The number of nitrogens with two attached hydrogens (primary N) is 2. The molecule has 3 heterocycles. The minimum Gasteiger partial charge on any atom is -0.354 e. The Hall–Kier alpha value is -3.43. The van der Waals surface area contributed by atoms with E-state index in [9.17, 15) is 8.78 Å². The zero-order valence-corrected chi connectivity index (χ0v) is 17.3. The third kappa shape index (κ3) is 3.80. The highest BCUT2D eigenvalue weighted by Crippen LogP contribution is 2.34. The maximum Gasteiger partial charge on any atom is 0.169 e. The Labute approximate surface area is 183 Å². The Morgan fingerprint density at radius 2 is 1.84 bits per heavy atom. The Morgan fingerprint density at radius 1 is 1.03 bits per heavy atom. The number of nitrogens with one attached hydrogen (secondary N) is 1. The lowest BCUT2D eigenvalue weighted by molar-refractivity contribution is 0.264. The lowest BCUT2D eigenvalue weighted by atomic mass is 9.80. The van der Waals surface area contributed by atoms with Gasteiger partial charge < -0.3 is 16.8 Å². The van der Waals surface area contributed by atoms with Crippen LogP contribution in [0.2, 0.25) is 0 Å². The van der Waals surface area contributed by atoms with Gasteiger partial charge in [-0.05, 0) is 56.0 Å². The Bertz CT molecular complexity index is 1280. The number of benzene rings is 1. The topological polar surface area (TPSA) is 107 Å². The molecule has 0 bridgehead atoms. The molecule has 0 unspecified atom stereocenters. The first-order valence-corrected chi connectivity index (χ1v) is 10.5. The second-order valence-corrected chi connectivity index (χ2v) is 8.31. The molecule has 9 heteroatoms. The average molecular weight is 435 g/mol. The van der Waals surface area contributed by atoms with Crippen molar-refractivity contribution in [2.24, 2.45) is 11.5 Å². The summed E-state index contributed by atoms with van der Waals surface area (Å²) in [6, 6.07) is 9.88. The van der Waals surface area contributed by atoms with Crippen molar-refractivity contribution in [2.45, 2.75) is 37.3 Å². The number of fused-ring (bicyclic) bond motifs is 1. The van der Waals surface area contributed by atoms with Gasteiger partial charge in [0.2, 0.25) is 0 Å². The van der Waals surface area contributed by atoms with E-state index in [2.05, 4.69) is 20.3 Å². The summed E-state index contributed by atoms with van der Waals surface area (Å²) in [6.45, 7) is 0. The van der Waals surface area contributed by atoms with Gasteiger partial charge in [0.15, 0.2) is 5.82 Å². The maximum absolute atomic E-state index is 14.8. The second-order valence-electron chi connectivity index (χ2n) is 8.31. The van der Waals surface area contributed by atoms with Crippen molar-refractivity contribution < 1.29 is 8.78 Å². The van der Waals surface area contributed by atoms with Crippen LogP contribution in [0.25, 0.3) is 17.0 Å². The van der Waals surface area contributed by atoms with Crippen LogP contribution in [-0.2, 0) is 5.54 Å². The second kappa shape index (κ2) is 7.92. The van der Waals surface area contributed by atoms with E-state index >= 15 is 0 Å². The van der Waals surface area contributed by atoms with Gasteiger partial charge in [-0.1, -0.05) is 6.07 Å². The maximum atomic E-state index is 14.8. The predicted molar refractivity (Wildman–Crippen MR) is 118 cm³/mol. The van der Waals surface area contributed by atoms with Crippen molar-refractivity contribution in [3.8, 4) is 11.4 Å². The summed E-state index contributed by atoms with van der Waals surface area (Å²) in [5.74, 6) is -0.491. The number of nitrogens with zero attached hydrogens (tertiary/aromatic N) is 4. The predicted octanol–water partition coefficient (Wildman–Crippen LogP) is 3.87. The number of hydrogen-bond donors (Lipinski definition) is 3. The van der Waals surface area contributed by atoms with Gasteiger partial charge in [-0.25, -0.2) is 23.7 Å². The fourth-order valence-electron chi connectivity index (χ4n) is 4.13. The monoisotopic (exact) mass is 435 g/mol. The van der Waals surface area contributed by atoms with Crippen LogP contribution in [-0.4, -0.2) is 25.4 Å². The van der Waals surface area contributed by atoms with E-state index < -0.39 is 11.4 Å². The van der Waals surface area contributed by atoms with Gasteiger partial charge in [-0.3, -0.25) is 4.40 Å². The number of pyridine rings is 1. The first kappa shape index (κ1) is 20.5. The molecule has 1 aliphatic rings. The van der Waals surface area contributed by atoms with Crippen molar-refractivity contribution in [1.82, 2.24) is 19.4 Å². The summed E-state index contributed by atoms with van der Waals surface area (Å²) in [5, 5.41) is 3.15. The summed E-state index contributed by atoms with van der Waals surface area (Å²) >= 11 is 0. The molecule has 3 aromatic heterocycles. The van der Waals surface area contributed by atoms with Crippen molar-refractivity contribution in [2.75, 3.05) is 5.32 Å². The number of imidazole rings is 1. The Kier molecular flexibility index (Phi) is 5.07. The number of anilines is 2. The third-order valence-electron chi connectivity index (χ3n) is 5.97. The van der Waals surface area contributed by atoms with Crippen LogP contribution in [0.15, 0.2) is 55.0 Å². The molecule has 1 aromatic carbocycles. The standard InChI is InChI=1S/C23H23F2N7/c24-14-2-1-3-16(10-14)30-17-4-5-20-28-12-19(32(20)13-17)21-18(25)11-29-22(31-21)23(27)8-6-15(26)7-9-23/h1-5,10-13,15,30H,6-9,26-27H2. The van der Waals surface area contributed by atoms with Gasteiger partial charge in [0.25, 0.3) is 0 Å². The van der Waals surface area contributed by atoms with Gasteiger partial charge in [-0.2, -0.15) is 0 Å². The van der Waals surface area contributed by atoms with E-state index in [0.29, 0.717) is 41.4 Å². The van der Waals surface area contributed by atoms with Crippen LogP contribution in [0.1, 0.15) is 31.5 Å². The summed E-state index contributed by atoms with van der Waals surface area (Å²) in [4.78, 5) is 13.1. The Morgan fingerprint density at radius 3 is 2.62 bits per heavy atom. The molecule has 0 aliphatic heterocycles. The fraction of sp³-hybridized carbons (Fsp3) is 0.261. The highest BCUT2D eigenvalue weighted by Gasteiger charge is 2.35. The quantitative estimate of drug-likeness (QED) is 0.449. The molecule has 5 N–H and O–H groups in total. The minimum atomic E-state index is -0.733. The van der Waals surface area contributed by atoms with E-state index in [-0.39, 0.29) is 17.6 Å². The van der Waals surface area contributed by atoms with Crippen LogP contribution >= 0.6 is 0 Å². The molecule has 0 amide bonds. The third-order valence-corrected chi connectivity index (χ3v) is 5.97. The van der Waals surface area contributed by atoms with E-state index in [1.807, 2.05) is 6.07 Å². The molecule has 164 valence electrons. The molecule has 1 fully saturated rings. The molecule has 0 spiro atoms. The van der Waals surface area contributed by atoms with Crippen LogP contribution < -0.4 is 16.8 Å². The smallest absolute Gasteiger partial charge is 0.169 e. The Balaban J connectivity index is 1.53. The van der Waals surface area contributed by atoms with Crippen molar-refractivity contribution in [1.29, 1.82) is 0 Å². The highest BCUT2D eigenvalue weighted by molar-refractivity contribution is 5.66. The van der Waals surface area contributed by atoms with E-state index in [1.165, 1.54) is 12.1 Å². The first-order chi connectivity index (χ1) is 15.4. The largest absolute Gasteiger partial charge is 0.354 e. The van der Waals surface area contributed by atoms with E-state index in [4.69, 9.17) is 11.5 Å².